The lowest BCUT2D eigenvalue weighted by Crippen LogP contribution is -2.29. The third kappa shape index (κ3) is 2.70. The van der Waals surface area contributed by atoms with E-state index in [0.29, 0.717) is 12.3 Å². The van der Waals surface area contributed by atoms with Crippen LogP contribution in [0.5, 0.6) is 0 Å². The molecule has 2 aromatic rings. The molecule has 0 saturated heterocycles. The van der Waals surface area contributed by atoms with Gasteiger partial charge in [-0.3, -0.25) is 0 Å². The van der Waals surface area contributed by atoms with Crippen molar-refractivity contribution < 1.29 is 4.74 Å². The van der Waals surface area contributed by atoms with Crippen molar-refractivity contribution in [2.45, 2.75) is 4.83 Å². The smallest absolute Gasteiger partial charge is 0.348 e. The predicted octanol–water partition coefficient (Wildman–Crippen LogP) is 0.264. The fourth-order valence-electron chi connectivity index (χ4n) is 1.63. The number of nitrogens with one attached hydrogen (secondary N) is 1. The summed E-state index contributed by atoms with van der Waals surface area (Å²) in [7, 11) is 3.59. The van der Waals surface area contributed by atoms with Crippen molar-refractivity contribution in [3.05, 3.63) is 22.9 Å². The summed E-state index contributed by atoms with van der Waals surface area (Å²) in [6.07, 6.45) is 1.46. The maximum Gasteiger partial charge on any atom is 0.348 e. The first kappa shape index (κ1) is 13.0. The van der Waals surface area contributed by atoms with E-state index in [4.69, 9.17) is 4.74 Å². The first-order valence-electron chi connectivity index (χ1n) is 5.38. The number of H-pyrrole nitrogens is 1. The number of aromatic nitrogens is 4. The zero-order valence-corrected chi connectivity index (χ0v) is 11.7. The zero-order valence-electron chi connectivity index (χ0n) is 10.1. The van der Waals surface area contributed by atoms with Gasteiger partial charge in [0.15, 0.2) is 5.65 Å². The van der Waals surface area contributed by atoms with Crippen molar-refractivity contribution in [3.63, 3.8) is 0 Å². The van der Waals surface area contributed by atoms with E-state index >= 15 is 0 Å². The number of nitrogens with zero attached hydrogens (tertiary/aromatic N) is 4. The highest BCUT2D eigenvalue weighted by Crippen LogP contribution is 2.12. The molecular weight excluding hydrogens is 302 g/mol. The SMILES string of the molecule is COCC(Br)CN(C)c1cc2n[nH]c(=O)n2cn1. The Morgan fingerprint density at radius 1 is 1.67 bits per heavy atom. The monoisotopic (exact) mass is 315 g/mol. The van der Waals surface area contributed by atoms with Crippen molar-refractivity contribution in [3.8, 4) is 0 Å². The van der Waals surface area contributed by atoms with E-state index in [1.807, 2.05) is 11.9 Å². The predicted molar refractivity (Wildman–Crippen MR) is 71.5 cm³/mol. The van der Waals surface area contributed by atoms with Gasteiger partial charge in [0, 0.05) is 26.8 Å². The molecule has 7 nitrogen and oxygen atoms in total. The van der Waals surface area contributed by atoms with Crippen LogP contribution in [0.1, 0.15) is 0 Å². The number of aromatic amines is 1. The number of methoxy groups -OCH3 is 1. The Morgan fingerprint density at radius 2 is 2.44 bits per heavy atom. The van der Waals surface area contributed by atoms with Crippen LogP contribution in [0.25, 0.3) is 5.65 Å². The number of halogens is 1. The normalized spacial score (nSPS) is 12.8. The molecule has 0 radical (unpaired) electrons. The lowest BCUT2D eigenvalue weighted by molar-refractivity contribution is 0.201. The average molecular weight is 316 g/mol. The summed E-state index contributed by atoms with van der Waals surface area (Å²) >= 11 is 3.52. The first-order chi connectivity index (χ1) is 8.61. The van der Waals surface area contributed by atoms with Crippen molar-refractivity contribution >= 4 is 27.4 Å². The van der Waals surface area contributed by atoms with Gasteiger partial charge < -0.3 is 9.64 Å². The maximum absolute atomic E-state index is 11.3. The Hall–Kier alpha value is -1.41. The molecule has 0 saturated carbocycles. The van der Waals surface area contributed by atoms with Crippen LogP contribution in [-0.2, 0) is 4.74 Å². The molecule has 0 aliphatic heterocycles. The minimum absolute atomic E-state index is 0.215. The summed E-state index contributed by atoms with van der Waals surface area (Å²) < 4.78 is 6.42. The summed E-state index contributed by atoms with van der Waals surface area (Å²) in [5, 5.41) is 6.27. The van der Waals surface area contributed by atoms with Crippen molar-refractivity contribution in [1.29, 1.82) is 0 Å². The number of hydrogen-bond donors (Lipinski definition) is 1. The molecule has 2 heterocycles. The van der Waals surface area contributed by atoms with Crippen molar-refractivity contribution in [1.82, 2.24) is 19.6 Å². The van der Waals surface area contributed by atoms with Crippen LogP contribution < -0.4 is 10.6 Å². The van der Waals surface area contributed by atoms with E-state index in [1.165, 1.54) is 10.7 Å². The molecule has 98 valence electrons. The van der Waals surface area contributed by atoms with Gasteiger partial charge in [0.05, 0.1) is 11.4 Å². The Kier molecular flexibility index (Phi) is 3.97. The number of rotatable bonds is 5. The molecular formula is C10H14BrN5O2. The second kappa shape index (κ2) is 5.49. The van der Waals surface area contributed by atoms with Crippen molar-refractivity contribution in [2.75, 3.05) is 32.2 Å². The lowest BCUT2D eigenvalue weighted by atomic mass is 10.4. The van der Waals surface area contributed by atoms with Gasteiger partial charge >= 0.3 is 5.69 Å². The molecule has 18 heavy (non-hydrogen) atoms. The van der Waals surface area contributed by atoms with Crippen LogP contribution in [0.2, 0.25) is 0 Å². The Balaban J connectivity index is 2.17. The molecule has 1 atom stereocenters. The van der Waals surface area contributed by atoms with E-state index in [2.05, 4.69) is 31.1 Å². The Labute approximate surface area is 112 Å². The molecule has 0 fully saturated rings. The van der Waals surface area contributed by atoms with Gasteiger partial charge in [-0.1, -0.05) is 15.9 Å². The second-order valence-corrected chi connectivity index (χ2v) is 5.23. The maximum atomic E-state index is 11.3. The van der Waals surface area contributed by atoms with Gasteiger partial charge in [-0.2, -0.15) is 5.10 Å². The van der Waals surface area contributed by atoms with E-state index < -0.39 is 0 Å². The van der Waals surface area contributed by atoms with Crippen LogP contribution in [0, 0.1) is 0 Å². The lowest BCUT2D eigenvalue weighted by Gasteiger charge is -2.20. The molecule has 2 aromatic heterocycles. The number of hydrogen-bond acceptors (Lipinski definition) is 5. The topological polar surface area (TPSA) is 75.5 Å². The van der Waals surface area contributed by atoms with Gasteiger partial charge in [0.1, 0.15) is 12.1 Å². The molecule has 0 amide bonds. The summed E-state index contributed by atoms with van der Waals surface area (Å²) in [4.78, 5) is 17.7. The third-order valence-electron chi connectivity index (χ3n) is 2.51. The largest absolute Gasteiger partial charge is 0.383 e. The fraction of sp³-hybridized carbons (Fsp3) is 0.500. The molecule has 1 N–H and O–H groups in total. The average Bonchev–Trinajstić information content (AvgIpc) is 2.71. The standard InChI is InChI=1S/C10H14BrN5O2/c1-15(4-7(11)5-18-2)8-3-9-13-14-10(17)16(9)6-12-8/h3,6-7H,4-5H2,1-2H3,(H,14,17). The Morgan fingerprint density at radius 3 is 3.17 bits per heavy atom. The van der Waals surface area contributed by atoms with Gasteiger partial charge in [-0.05, 0) is 0 Å². The number of alkyl halides is 1. The van der Waals surface area contributed by atoms with Gasteiger partial charge in [-0.25, -0.2) is 19.3 Å². The summed E-state index contributed by atoms with van der Waals surface area (Å²) in [6, 6.07) is 1.75. The Bertz CT molecular complexity index is 581. The van der Waals surface area contributed by atoms with Crippen LogP contribution in [0.15, 0.2) is 17.2 Å². The molecule has 0 aliphatic rings. The first-order valence-corrected chi connectivity index (χ1v) is 6.30. The molecule has 0 bridgehead atoms. The second-order valence-electron chi connectivity index (χ2n) is 3.94. The van der Waals surface area contributed by atoms with E-state index in [1.54, 1.807) is 13.2 Å². The molecule has 1 unspecified atom stereocenters. The highest BCUT2D eigenvalue weighted by atomic mass is 79.9. The summed E-state index contributed by atoms with van der Waals surface area (Å²) in [6.45, 7) is 1.36. The zero-order chi connectivity index (χ0) is 13.1. The van der Waals surface area contributed by atoms with E-state index in [-0.39, 0.29) is 10.5 Å². The fourth-order valence-corrected chi connectivity index (χ4v) is 2.33. The van der Waals surface area contributed by atoms with Crippen LogP contribution in [0.4, 0.5) is 5.82 Å². The molecule has 2 rings (SSSR count). The minimum atomic E-state index is -0.288. The third-order valence-corrected chi connectivity index (χ3v) is 3.06. The molecule has 0 aromatic carbocycles. The van der Waals surface area contributed by atoms with Gasteiger partial charge in [0.25, 0.3) is 0 Å². The van der Waals surface area contributed by atoms with E-state index in [9.17, 15) is 4.79 Å². The van der Waals surface area contributed by atoms with Crippen molar-refractivity contribution in [2.24, 2.45) is 0 Å². The minimum Gasteiger partial charge on any atom is -0.383 e. The summed E-state index contributed by atoms with van der Waals surface area (Å²) in [5.41, 5.74) is 0.263. The van der Waals surface area contributed by atoms with Crippen LogP contribution in [0.3, 0.4) is 0 Å². The summed E-state index contributed by atoms with van der Waals surface area (Å²) in [5.74, 6) is 0.752. The van der Waals surface area contributed by atoms with Crippen LogP contribution in [-0.4, -0.2) is 51.7 Å². The molecule has 8 heteroatoms. The van der Waals surface area contributed by atoms with Gasteiger partial charge in [0.2, 0.25) is 0 Å². The van der Waals surface area contributed by atoms with E-state index in [0.717, 1.165) is 12.4 Å². The quantitative estimate of drug-likeness (QED) is 0.801. The van der Waals surface area contributed by atoms with Crippen LogP contribution >= 0.6 is 15.9 Å². The number of ether oxygens (including phenoxy) is 1. The molecule has 0 spiro atoms. The highest BCUT2D eigenvalue weighted by molar-refractivity contribution is 9.09. The van der Waals surface area contributed by atoms with Gasteiger partial charge in [-0.15, -0.1) is 0 Å². The molecule has 0 aliphatic carbocycles. The number of fused-ring (bicyclic) bond motifs is 1. The highest BCUT2D eigenvalue weighted by Gasteiger charge is 2.11. The number of anilines is 1.